The highest BCUT2D eigenvalue weighted by Crippen LogP contribution is 2.28. The van der Waals surface area contributed by atoms with Crippen LogP contribution in [0.15, 0.2) is 63.9 Å². The fourth-order valence-corrected chi connectivity index (χ4v) is 3.96. The van der Waals surface area contributed by atoms with Gasteiger partial charge in [0.25, 0.3) is 11.1 Å². The van der Waals surface area contributed by atoms with Crippen LogP contribution in [0.4, 0.5) is 4.79 Å². The Bertz CT molecular complexity index is 1220. The van der Waals surface area contributed by atoms with Crippen LogP contribution in [0, 0.1) is 0 Å². The Kier molecular flexibility index (Phi) is 3.65. The Morgan fingerprint density at radius 1 is 1.00 bits per heavy atom. The van der Waals surface area contributed by atoms with Crippen molar-refractivity contribution in [1.82, 2.24) is 10.3 Å². The number of nitrogens with one attached hydrogen (secondary N) is 2. The summed E-state index contributed by atoms with van der Waals surface area (Å²) in [7, 11) is 0. The molecule has 0 radical (unpaired) electrons. The largest absolute Gasteiger partial charge is 0.461 e. The molecule has 0 bridgehead atoms. The van der Waals surface area contributed by atoms with Gasteiger partial charge in [-0.2, -0.15) is 0 Å². The van der Waals surface area contributed by atoms with Crippen molar-refractivity contribution in [3.8, 4) is 0 Å². The fourth-order valence-electron chi connectivity index (χ4n) is 3.28. The first-order valence-corrected chi connectivity index (χ1v) is 9.30. The van der Waals surface area contributed by atoms with Crippen LogP contribution in [0.1, 0.15) is 17.0 Å². The van der Waals surface area contributed by atoms with E-state index in [2.05, 4.69) is 28.5 Å². The highest BCUT2D eigenvalue weighted by molar-refractivity contribution is 8.18. The summed E-state index contributed by atoms with van der Waals surface area (Å²) in [4.78, 5) is 26.8. The molecule has 1 aliphatic heterocycles. The van der Waals surface area contributed by atoms with E-state index in [0.717, 1.165) is 45.3 Å². The number of furan rings is 1. The van der Waals surface area contributed by atoms with Crippen molar-refractivity contribution in [3.63, 3.8) is 0 Å². The van der Waals surface area contributed by atoms with Crippen LogP contribution in [0.3, 0.4) is 0 Å². The van der Waals surface area contributed by atoms with Crippen molar-refractivity contribution in [3.05, 3.63) is 76.5 Å². The minimum Gasteiger partial charge on any atom is -0.461 e. The van der Waals surface area contributed by atoms with Gasteiger partial charge in [0.05, 0.1) is 4.91 Å². The van der Waals surface area contributed by atoms with Gasteiger partial charge in [0.15, 0.2) is 0 Å². The van der Waals surface area contributed by atoms with Crippen molar-refractivity contribution in [2.75, 3.05) is 0 Å². The summed E-state index contributed by atoms with van der Waals surface area (Å²) >= 11 is 0.917. The number of benzene rings is 2. The number of aromatic nitrogens is 1. The predicted molar refractivity (Wildman–Crippen MR) is 106 cm³/mol. The van der Waals surface area contributed by atoms with E-state index in [9.17, 15) is 9.59 Å². The summed E-state index contributed by atoms with van der Waals surface area (Å²) in [5, 5.41) is 4.07. The number of rotatable bonds is 3. The molecule has 3 heterocycles. The molecule has 0 unspecified atom stereocenters. The average molecular weight is 374 g/mol. The van der Waals surface area contributed by atoms with E-state index in [1.807, 2.05) is 36.4 Å². The van der Waals surface area contributed by atoms with Crippen LogP contribution in [0.2, 0.25) is 0 Å². The van der Waals surface area contributed by atoms with E-state index in [-0.39, 0.29) is 11.1 Å². The number of fused-ring (bicyclic) bond motifs is 2. The van der Waals surface area contributed by atoms with Crippen LogP contribution in [0.25, 0.3) is 27.9 Å². The Morgan fingerprint density at radius 3 is 2.70 bits per heavy atom. The monoisotopic (exact) mass is 374 g/mol. The number of aromatic amines is 1. The molecule has 1 saturated heterocycles. The van der Waals surface area contributed by atoms with Crippen LogP contribution < -0.4 is 5.32 Å². The van der Waals surface area contributed by atoms with E-state index in [4.69, 9.17) is 4.42 Å². The van der Waals surface area contributed by atoms with Gasteiger partial charge < -0.3 is 9.40 Å². The minimum atomic E-state index is -0.350. The third-order valence-electron chi connectivity index (χ3n) is 4.48. The maximum atomic E-state index is 11.7. The van der Waals surface area contributed by atoms with Crippen LogP contribution in [-0.2, 0) is 11.2 Å². The van der Waals surface area contributed by atoms with E-state index in [0.29, 0.717) is 11.3 Å². The van der Waals surface area contributed by atoms with E-state index in [1.165, 1.54) is 5.39 Å². The van der Waals surface area contributed by atoms with Gasteiger partial charge in [-0.25, -0.2) is 0 Å². The van der Waals surface area contributed by atoms with Crippen molar-refractivity contribution in [1.29, 1.82) is 0 Å². The lowest BCUT2D eigenvalue weighted by Crippen LogP contribution is -2.17. The quantitative estimate of drug-likeness (QED) is 0.504. The Morgan fingerprint density at radius 2 is 1.89 bits per heavy atom. The third kappa shape index (κ3) is 3.04. The first-order valence-electron chi connectivity index (χ1n) is 8.48. The van der Waals surface area contributed by atoms with Crippen LogP contribution in [-0.4, -0.2) is 16.1 Å². The zero-order chi connectivity index (χ0) is 18.4. The molecule has 0 saturated carbocycles. The molecule has 0 spiro atoms. The molecule has 1 fully saturated rings. The summed E-state index contributed by atoms with van der Waals surface area (Å²) in [5.41, 5.74) is 3.85. The smallest absolute Gasteiger partial charge is 0.290 e. The van der Waals surface area contributed by atoms with Gasteiger partial charge in [-0.15, -0.1) is 0 Å². The van der Waals surface area contributed by atoms with Crippen LogP contribution in [0.5, 0.6) is 0 Å². The SMILES string of the molecule is O=C1NC(=O)C(=Cc2ccc3oc(Cc4cc5ccccc5[nH]4)cc3c2)S1. The molecule has 2 aromatic carbocycles. The van der Waals surface area contributed by atoms with Crippen molar-refractivity contribution in [2.45, 2.75) is 6.42 Å². The summed E-state index contributed by atoms with van der Waals surface area (Å²) in [6.07, 6.45) is 2.39. The van der Waals surface area contributed by atoms with Gasteiger partial charge >= 0.3 is 0 Å². The molecular formula is C21H14N2O3S. The third-order valence-corrected chi connectivity index (χ3v) is 5.29. The molecule has 2 N–H and O–H groups in total. The lowest BCUT2D eigenvalue weighted by atomic mass is 10.1. The van der Waals surface area contributed by atoms with Crippen LogP contribution >= 0.6 is 11.8 Å². The van der Waals surface area contributed by atoms with Gasteiger partial charge in [0, 0.05) is 23.0 Å². The fraction of sp³-hybridized carbons (Fsp3) is 0.0476. The zero-order valence-corrected chi connectivity index (χ0v) is 14.9. The topological polar surface area (TPSA) is 75.1 Å². The zero-order valence-electron chi connectivity index (χ0n) is 14.1. The second-order valence-electron chi connectivity index (χ2n) is 6.42. The summed E-state index contributed by atoms with van der Waals surface area (Å²) in [5.74, 6) is 0.515. The van der Waals surface area contributed by atoms with E-state index >= 15 is 0 Å². The number of imide groups is 1. The van der Waals surface area contributed by atoms with Gasteiger partial charge in [-0.05, 0) is 59.1 Å². The second-order valence-corrected chi connectivity index (χ2v) is 7.44. The first kappa shape index (κ1) is 16.0. The molecule has 132 valence electrons. The number of H-pyrrole nitrogens is 1. The molecule has 5 rings (SSSR count). The maximum absolute atomic E-state index is 11.7. The summed E-state index contributed by atoms with van der Waals surface area (Å²) in [6, 6.07) is 18.0. The lowest BCUT2D eigenvalue weighted by Gasteiger charge is -1.95. The number of para-hydroxylation sites is 1. The molecule has 6 heteroatoms. The summed E-state index contributed by atoms with van der Waals surface area (Å²) in [6.45, 7) is 0. The highest BCUT2D eigenvalue weighted by atomic mass is 32.2. The van der Waals surface area contributed by atoms with Gasteiger partial charge in [-0.3, -0.25) is 14.9 Å². The van der Waals surface area contributed by atoms with Crippen molar-refractivity contribution >= 4 is 50.9 Å². The normalized spacial score (nSPS) is 15.9. The molecule has 1 aliphatic rings. The molecule has 4 aromatic rings. The van der Waals surface area contributed by atoms with Gasteiger partial charge in [0.2, 0.25) is 0 Å². The number of hydrogen-bond acceptors (Lipinski definition) is 4. The summed E-state index contributed by atoms with van der Waals surface area (Å²) < 4.78 is 5.95. The Labute approximate surface area is 158 Å². The maximum Gasteiger partial charge on any atom is 0.290 e. The Hall–Kier alpha value is -3.25. The number of carbonyl (C=O) groups excluding carboxylic acids is 2. The van der Waals surface area contributed by atoms with Gasteiger partial charge in [0.1, 0.15) is 11.3 Å². The average Bonchev–Trinajstić information content (AvgIpc) is 3.31. The highest BCUT2D eigenvalue weighted by Gasteiger charge is 2.24. The van der Waals surface area contributed by atoms with E-state index in [1.54, 1.807) is 6.08 Å². The molecule has 27 heavy (non-hydrogen) atoms. The van der Waals surface area contributed by atoms with Crippen molar-refractivity contribution < 1.29 is 14.0 Å². The lowest BCUT2D eigenvalue weighted by molar-refractivity contribution is -0.115. The minimum absolute atomic E-state index is 0.337. The predicted octanol–water partition coefficient (Wildman–Crippen LogP) is 4.83. The number of hydrogen-bond donors (Lipinski definition) is 2. The molecule has 0 atom stereocenters. The number of amides is 2. The Balaban J connectivity index is 1.44. The molecule has 2 aromatic heterocycles. The first-order chi connectivity index (χ1) is 13.1. The molecule has 5 nitrogen and oxygen atoms in total. The van der Waals surface area contributed by atoms with Gasteiger partial charge in [-0.1, -0.05) is 24.3 Å². The molecular weight excluding hydrogens is 360 g/mol. The second kappa shape index (κ2) is 6.17. The standard InChI is InChI=1S/C21H14N2O3S/c24-20-19(27-21(25)23-20)8-12-5-6-18-14(7-12)10-16(26-18)11-15-9-13-3-1-2-4-17(13)22-15/h1-10,22H,11H2,(H,23,24,25). The number of carbonyl (C=O) groups is 2. The number of thioether (sulfide) groups is 1. The van der Waals surface area contributed by atoms with E-state index < -0.39 is 0 Å². The molecule has 0 aliphatic carbocycles. The molecule has 2 amide bonds. The van der Waals surface area contributed by atoms with Crippen molar-refractivity contribution in [2.24, 2.45) is 0 Å².